The lowest BCUT2D eigenvalue weighted by atomic mass is 10.1. The van der Waals surface area contributed by atoms with Crippen molar-refractivity contribution in [2.24, 2.45) is 0 Å². The van der Waals surface area contributed by atoms with Gasteiger partial charge in [-0.3, -0.25) is 0 Å². The number of hydrogen-bond acceptors (Lipinski definition) is 3. The Labute approximate surface area is 110 Å². The molecule has 0 saturated carbocycles. The van der Waals surface area contributed by atoms with Crippen LogP contribution in [-0.2, 0) is 6.18 Å². The first-order chi connectivity index (χ1) is 8.88. The highest BCUT2D eigenvalue weighted by molar-refractivity contribution is 5.53. The van der Waals surface area contributed by atoms with Gasteiger partial charge >= 0.3 is 6.18 Å². The number of nitrogens with one attached hydrogen (secondary N) is 1. The van der Waals surface area contributed by atoms with Gasteiger partial charge in [0.1, 0.15) is 0 Å². The van der Waals surface area contributed by atoms with E-state index in [9.17, 15) is 13.2 Å². The van der Waals surface area contributed by atoms with Crippen LogP contribution in [0.15, 0.2) is 18.2 Å². The highest BCUT2D eigenvalue weighted by atomic mass is 19.4. The van der Waals surface area contributed by atoms with E-state index in [0.29, 0.717) is 12.2 Å². The van der Waals surface area contributed by atoms with E-state index in [4.69, 9.17) is 5.26 Å². The van der Waals surface area contributed by atoms with Crippen LogP contribution in [0.3, 0.4) is 0 Å². The Kier molecular flexibility index (Phi) is 5.19. The normalized spacial score (nSPS) is 11.4. The molecule has 0 saturated heterocycles. The number of rotatable bonds is 5. The van der Waals surface area contributed by atoms with Gasteiger partial charge in [-0.25, -0.2) is 0 Å². The molecular formula is C13H16F3N3. The maximum absolute atomic E-state index is 12.7. The first kappa shape index (κ1) is 15.3. The Morgan fingerprint density at radius 2 is 2.05 bits per heavy atom. The summed E-state index contributed by atoms with van der Waals surface area (Å²) in [6.45, 7) is 4.16. The lowest BCUT2D eigenvalue weighted by Crippen LogP contribution is -2.24. The maximum atomic E-state index is 12.7. The summed E-state index contributed by atoms with van der Waals surface area (Å²) in [6.07, 6.45) is -4.51. The Bertz CT molecular complexity index is 463. The van der Waals surface area contributed by atoms with E-state index in [0.717, 1.165) is 19.2 Å². The van der Waals surface area contributed by atoms with E-state index in [-0.39, 0.29) is 5.56 Å². The third-order valence-electron chi connectivity index (χ3n) is 2.81. The minimum absolute atomic E-state index is 0.358. The van der Waals surface area contributed by atoms with Gasteiger partial charge in [0.2, 0.25) is 0 Å². The summed E-state index contributed by atoms with van der Waals surface area (Å²) in [4.78, 5) is 2.04. The second-order valence-corrected chi connectivity index (χ2v) is 4.19. The van der Waals surface area contributed by atoms with E-state index < -0.39 is 11.7 Å². The van der Waals surface area contributed by atoms with Crippen LogP contribution in [0, 0.1) is 11.3 Å². The molecule has 1 N–H and O–H groups in total. The monoisotopic (exact) mass is 271 g/mol. The van der Waals surface area contributed by atoms with Crippen LogP contribution in [-0.4, -0.2) is 31.6 Å². The molecule has 1 aromatic rings. The molecule has 104 valence electrons. The SMILES string of the molecule is CCN(C)CCNc1ccc(C#N)c(C(F)(F)F)c1. The first-order valence-electron chi connectivity index (χ1n) is 5.92. The summed E-state index contributed by atoms with van der Waals surface area (Å²) < 4.78 is 38.2. The second-order valence-electron chi connectivity index (χ2n) is 4.19. The van der Waals surface area contributed by atoms with Crippen molar-refractivity contribution in [1.82, 2.24) is 4.90 Å². The van der Waals surface area contributed by atoms with Gasteiger partial charge in [0.05, 0.1) is 17.2 Å². The molecule has 1 aromatic carbocycles. The fourth-order valence-corrected chi connectivity index (χ4v) is 1.54. The predicted molar refractivity (Wildman–Crippen MR) is 67.8 cm³/mol. The van der Waals surface area contributed by atoms with E-state index in [1.165, 1.54) is 12.1 Å². The number of alkyl halides is 3. The van der Waals surface area contributed by atoms with Crippen LogP contribution in [0.1, 0.15) is 18.1 Å². The molecular weight excluding hydrogens is 255 g/mol. The average molecular weight is 271 g/mol. The van der Waals surface area contributed by atoms with Crippen molar-refractivity contribution in [1.29, 1.82) is 5.26 Å². The lowest BCUT2D eigenvalue weighted by molar-refractivity contribution is -0.137. The highest BCUT2D eigenvalue weighted by Crippen LogP contribution is 2.33. The molecule has 0 fully saturated rings. The van der Waals surface area contributed by atoms with Crippen molar-refractivity contribution >= 4 is 5.69 Å². The molecule has 0 amide bonds. The summed E-state index contributed by atoms with van der Waals surface area (Å²) >= 11 is 0. The van der Waals surface area contributed by atoms with Gasteiger partial charge in [-0.2, -0.15) is 18.4 Å². The molecule has 0 spiro atoms. The van der Waals surface area contributed by atoms with Crippen LogP contribution >= 0.6 is 0 Å². The molecule has 19 heavy (non-hydrogen) atoms. The van der Waals surface area contributed by atoms with Gasteiger partial charge in [0, 0.05) is 18.8 Å². The first-order valence-corrected chi connectivity index (χ1v) is 5.92. The van der Waals surface area contributed by atoms with Gasteiger partial charge in [0.15, 0.2) is 0 Å². The standard InChI is InChI=1S/C13H16F3N3/c1-3-19(2)7-6-18-11-5-4-10(9-17)12(8-11)13(14,15)16/h4-5,8,18H,3,6-7H2,1-2H3. The minimum Gasteiger partial charge on any atom is -0.384 e. The third-order valence-corrected chi connectivity index (χ3v) is 2.81. The number of likely N-dealkylation sites (N-methyl/N-ethyl adjacent to an activating group) is 1. The van der Waals surface area contributed by atoms with Gasteiger partial charge in [-0.05, 0) is 31.8 Å². The third kappa shape index (κ3) is 4.45. The molecule has 3 nitrogen and oxygen atoms in total. The zero-order valence-corrected chi connectivity index (χ0v) is 10.9. The summed E-state index contributed by atoms with van der Waals surface area (Å²) in [6, 6.07) is 5.21. The number of benzene rings is 1. The van der Waals surface area contributed by atoms with Gasteiger partial charge < -0.3 is 10.2 Å². The topological polar surface area (TPSA) is 39.1 Å². The van der Waals surface area contributed by atoms with Crippen LogP contribution in [0.4, 0.5) is 18.9 Å². The van der Waals surface area contributed by atoms with Crippen molar-refractivity contribution in [3.63, 3.8) is 0 Å². The quantitative estimate of drug-likeness (QED) is 0.895. The minimum atomic E-state index is -4.51. The number of hydrogen-bond donors (Lipinski definition) is 1. The molecule has 0 unspecified atom stereocenters. The Morgan fingerprint density at radius 3 is 2.58 bits per heavy atom. The van der Waals surface area contributed by atoms with Crippen molar-refractivity contribution in [3.05, 3.63) is 29.3 Å². The largest absolute Gasteiger partial charge is 0.417 e. The Morgan fingerprint density at radius 1 is 1.37 bits per heavy atom. The number of nitrogens with zero attached hydrogens (tertiary/aromatic N) is 2. The molecule has 0 aliphatic carbocycles. The molecule has 0 aromatic heterocycles. The Hall–Kier alpha value is -1.74. The van der Waals surface area contributed by atoms with Crippen LogP contribution in [0.2, 0.25) is 0 Å². The smallest absolute Gasteiger partial charge is 0.384 e. The van der Waals surface area contributed by atoms with E-state index >= 15 is 0 Å². The molecule has 0 heterocycles. The number of nitriles is 1. The van der Waals surface area contributed by atoms with Gasteiger partial charge in [0.25, 0.3) is 0 Å². The second kappa shape index (κ2) is 6.43. The zero-order chi connectivity index (χ0) is 14.5. The summed E-state index contributed by atoms with van der Waals surface area (Å²) in [5, 5.41) is 11.6. The number of halogens is 3. The van der Waals surface area contributed by atoms with E-state index in [2.05, 4.69) is 5.32 Å². The van der Waals surface area contributed by atoms with Crippen LogP contribution < -0.4 is 5.32 Å². The van der Waals surface area contributed by atoms with E-state index in [1.54, 1.807) is 6.07 Å². The van der Waals surface area contributed by atoms with Crippen LogP contribution in [0.25, 0.3) is 0 Å². The fourth-order valence-electron chi connectivity index (χ4n) is 1.54. The molecule has 6 heteroatoms. The summed E-state index contributed by atoms with van der Waals surface area (Å²) in [7, 11) is 1.93. The Balaban J connectivity index is 2.80. The van der Waals surface area contributed by atoms with Crippen LogP contribution in [0.5, 0.6) is 0 Å². The molecule has 0 aliphatic heterocycles. The lowest BCUT2D eigenvalue weighted by Gasteiger charge is -2.16. The van der Waals surface area contributed by atoms with Crippen molar-refractivity contribution < 1.29 is 13.2 Å². The highest BCUT2D eigenvalue weighted by Gasteiger charge is 2.33. The van der Waals surface area contributed by atoms with Gasteiger partial charge in [-0.15, -0.1) is 0 Å². The molecule has 0 aliphatic rings. The predicted octanol–water partition coefficient (Wildman–Crippen LogP) is 2.94. The van der Waals surface area contributed by atoms with Crippen molar-refractivity contribution in [2.45, 2.75) is 13.1 Å². The maximum Gasteiger partial charge on any atom is 0.417 e. The zero-order valence-electron chi connectivity index (χ0n) is 10.9. The molecule has 0 bridgehead atoms. The molecule has 0 atom stereocenters. The summed E-state index contributed by atoms with van der Waals surface area (Å²) in [5.74, 6) is 0. The fraction of sp³-hybridized carbons (Fsp3) is 0.462. The number of anilines is 1. The van der Waals surface area contributed by atoms with Crippen molar-refractivity contribution in [3.8, 4) is 6.07 Å². The van der Waals surface area contributed by atoms with E-state index in [1.807, 2.05) is 18.9 Å². The van der Waals surface area contributed by atoms with Crippen molar-refractivity contribution in [2.75, 3.05) is 32.0 Å². The summed E-state index contributed by atoms with van der Waals surface area (Å²) in [5.41, 5.74) is -0.886. The molecule has 1 rings (SSSR count). The average Bonchev–Trinajstić information content (AvgIpc) is 2.37. The molecule has 0 radical (unpaired) electrons. The van der Waals surface area contributed by atoms with Gasteiger partial charge in [-0.1, -0.05) is 6.92 Å².